The molecule has 0 saturated heterocycles. The predicted molar refractivity (Wildman–Crippen MR) is 79.5 cm³/mol. The summed E-state index contributed by atoms with van der Waals surface area (Å²) in [5.41, 5.74) is 1.23. The number of rotatable bonds is 6. The first kappa shape index (κ1) is 14.1. The van der Waals surface area contributed by atoms with Gasteiger partial charge in [-0.05, 0) is 47.1 Å². The van der Waals surface area contributed by atoms with Crippen molar-refractivity contribution in [1.29, 1.82) is 0 Å². The highest BCUT2D eigenvalue weighted by molar-refractivity contribution is 9.10. The van der Waals surface area contributed by atoms with E-state index in [-0.39, 0.29) is 0 Å². The van der Waals surface area contributed by atoms with Crippen molar-refractivity contribution in [2.75, 3.05) is 6.54 Å². The Kier molecular flexibility index (Phi) is 4.99. The summed E-state index contributed by atoms with van der Waals surface area (Å²) in [7, 11) is 0. The number of hydrogen-bond acceptors (Lipinski definition) is 3. The smallest absolute Gasteiger partial charge is 0.165 e. The van der Waals surface area contributed by atoms with Gasteiger partial charge in [0.1, 0.15) is 5.75 Å². The Morgan fingerprint density at radius 2 is 2.21 bits per heavy atom. The number of aromatic nitrogens is 2. The standard InChI is InChI=1S/C14H18BrN3O/c1-3-16-8-11-5-6-14(13(15)7-11)19-12-9-17-18(4-2)10-12/h5-7,9-10,16H,3-4,8H2,1-2H3. The van der Waals surface area contributed by atoms with E-state index >= 15 is 0 Å². The minimum Gasteiger partial charge on any atom is -0.453 e. The van der Waals surface area contributed by atoms with Gasteiger partial charge in [-0.1, -0.05) is 13.0 Å². The molecular weight excluding hydrogens is 306 g/mol. The van der Waals surface area contributed by atoms with Crippen molar-refractivity contribution in [2.45, 2.75) is 26.9 Å². The van der Waals surface area contributed by atoms with Crippen LogP contribution in [-0.4, -0.2) is 16.3 Å². The molecular formula is C14H18BrN3O. The second-order valence-corrected chi connectivity index (χ2v) is 5.03. The molecule has 0 atom stereocenters. The van der Waals surface area contributed by atoms with Gasteiger partial charge in [0.2, 0.25) is 0 Å². The molecule has 2 rings (SSSR count). The van der Waals surface area contributed by atoms with E-state index < -0.39 is 0 Å². The van der Waals surface area contributed by atoms with Crippen molar-refractivity contribution in [3.05, 3.63) is 40.6 Å². The van der Waals surface area contributed by atoms with Crippen molar-refractivity contribution >= 4 is 15.9 Å². The van der Waals surface area contributed by atoms with Gasteiger partial charge in [-0.15, -0.1) is 0 Å². The molecule has 0 unspecified atom stereocenters. The van der Waals surface area contributed by atoms with E-state index in [0.29, 0.717) is 0 Å². The quantitative estimate of drug-likeness (QED) is 0.883. The van der Waals surface area contributed by atoms with E-state index in [1.165, 1.54) is 5.56 Å². The average molecular weight is 324 g/mol. The van der Waals surface area contributed by atoms with Crippen LogP contribution in [0.15, 0.2) is 35.1 Å². The van der Waals surface area contributed by atoms with Crippen molar-refractivity contribution in [3.63, 3.8) is 0 Å². The van der Waals surface area contributed by atoms with Crippen molar-refractivity contribution < 1.29 is 4.74 Å². The highest BCUT2D eigenvalue weighted by atomic mass is 79.9. The molecule has 1 aromatic heterocycles. The van der Waals surface area contributed by atoms with Crippen LogP contribution in [0.5, 0.6) is 11.5 Å². The number of nitrogens with zero attached hydrogens (tertiary/aromatic N) is 2. The third kappa shape index (κ3) is 3.81. The fourth-order valence-electron chi connectivity index (χ4n) is 1.70. The number of hydrogen-bond donors (Lipinski definition) is 1. The molecule has 0 amide bonds. The Bertz CT molecular complexity index is 539. The predicted octanol–water partition coefficient (Wildman–Crippen LogP) is 3.57. The van der Waals surface area contributed by atoms with Crippen LogP contribution in [-0.2, 0) is 13.1 Å². The van der Waals surface area contributed by atoms with E-state index in [2.05, 4.69) is 45.4 Å². The summed E-state index contributed by atoms with van der Waals surface area (Å²) in [6, 6.07) is 6.11. The van der Waals surface area contributed by atoms with Gasteiger partial charge in [0.15, 0.2) is 5.75 Å². The van der Waals surface area contributed by atoms with Gasteiger partial charge in [-0.3, -0.25) is 4.68 Å². The van der Waals surface area contributed by atoms with Crippen molar-refractivity contribution in [2.24, 2.45) is 0 Å². The van der Waals surface area contributed by atoms with Gasteiger partial charge in [-0.25, -0.2) is 0 Å². The van der Waals surface area contributed by atoms with Crippen LogP contribution in [0, 0.1) is 0 Å². The lowest BCUT2D eigenvalue weighted by Gasteiger charge is -2.08. The van der Waals surface area contributed by atoms with E-state index in [1.54, 1.807) is 6.20 Å². The number of nitrogens with one attached hydrogen (secondary N) is 1. The fourth-order valence-corrected chi connectivity index (χ4v) is 2.21. The molecule has 1 aromatic carbocycles. The molecule has 2 aromatic rings. The molecule has 0 aliphatic heterocycles. The van der Waals surface area contributed by atoms with Crippen LogP contribution >= 0.6 is 15.9 Å². The van der Waals surface area contributed by atoms with Gasteiger partial charge in [0, 0.05) is 13.1 Å². The topological polar surface area (TPSA) is 39.1 Å². The SMILES string of the molecule is CCNCc1ccc(Oc2cnn(CC)c2)c(Br)c1. The monoisotopic (exact) mass is 323 g/mol. The Balaban J connectivity index is 2.08. The summed E-state index contributed by atoms with van der Waals surface area (Å²) in [4.78, 5) is 0. The molecule has 0 aliphatic carbocycles. The van der Waals surface area contributed by atoms with Crippen molar-refractivity contribution in [1.82, 2.24) is 15.1 Å². The van der Waals surface area contributed by atoms with Crippen molar-refractivity contribution in [3.8, 4) is 11.5 Å². The Morgan fingerprint density at radius 1 is 1.37 bits per heavy atom. The van der Waals surface area contributed by atoms with Crippen LogP contribution in [0.2, 0.25) is 0 Å². The highest BCUT2D eigenvalue weighted by Gasteiger charge is 2.05. The van der Waals surface area contributed by atoms with Gasteiger partial charge >= 0.3 is 0 Å². The van der Waals surface area contributed by atoms with E-state index in [0.717, 1.165) is 35.6 Å². The molecule has 0 radical (unpaired) electrons. The zero-order valence-electron chi connectivity index (χ0n) is 11.2. The van der Waals surface area contributed by atoms with Gasteiger partial charge in [-0.2, -0.15) is 5.10 Å². The third-order valence-corrected chi connectivity index (χ3v) is 3.36. The molecule has 102 valence electrons. The van der Waals surface area contributed by atoms with Crippen LogP contribution in [0.3, 0.4) is 0 Å². The summed E-state index contributed by atoms with van der Waals surface area (Å²) in [5, 5.41) is 7.48. The van der Waals surface area contributed by atoms with Crippen LogP contribution < -0.4 is 10.1 Å². The number of benzene rings is 1. The summed E-state index contributed by atoms with van der Waals surface area (Å²) < 4.78 is 8.59. The fraction of sp³-hybridized carbons (Fsp3) is 0.357. The molecule has 4 nitrogen and oxygen atoms in total. The number of aryl methyl sites for hydroxylation is 1. The maximum Gasteiger partial charge on any atom is 0.165 e. The second-order valence-electron chi connectivity index (χ2n) is 4.18. The summed E-state index contributed by atoms with van der Waals surface area (Å²) in [5.74, 6) is 1.55. The normalized spacial score (nSPS) is 10.7. The third-order valence-electron chi connectivity index (χ3n) is 2.74. The molecule has 0 bridgehead atoms. The van der Waals surface area contributed by atoms with Gasteiger partial charge < -0.3 is 10.1 Å². The molecule has 5 heteroatoms. The summed E-state index contributed by atoms with van der Waals surface area (Å²) >= 11 is 3.54. The van der Waals surface area contributed by atoms with E-state index in [4.69, 9.17) is 4.74 Å². The molecule has 0 fully saturated rings. The molecule has 0 saturated carbocycles. The van der Waals surface area contributed by atoms with Crippen LogP contribution in [0.1, 0.15) is 19.4 Å². The lowest BCUT2D eigenvalue weighted by Crippen LogP contribution is -2.11. The number of halogens is 1. The Labute approximate surface area is 121 Å². The van der Waals surface area contributed by atoms with E-state index in [1.807, 2.05) is 23.9 Å². The molecule has 0 aliphatic rings. The summed E-state index contributed by atoms with van der Waals surface area (Å²) in [6.07, 6.45) is 3.61. The molecule has 1 N–H and O–H groups in total. The zero-order chi connectivity index (χ0) is 13.7. The van der Waals surface area contributed by atoms with Gasteiger partial charge in [0.25, 0.3) is 0 Å². The minimum absolute atomic E-state index is 0.752. The van der Waals surface area contributed by atoms with E-state index in [9.17, 15) is 0 Å². The first-order valence-corrected chi connectivity index (χ1v) is 7.21. The largest absolute Gasteiger partial charge is 0.453 e. The Hall–Kier alpha value is -1.33. The maximum absolute atomic E-state index is 5.80. The lowest BCUT2D eigenvalue weighted by atomic mass is 10.2. The van der Waals surface area contributed by atoms with Crippen LogP contribution in [0.25, 0.3) is 0 Å². The Morgan fingerprint density at radius 3 is 2.84 bits per heavy atom. The second kappa shape index (κ2) is 6.73. The summed E-state index contributed by atoms with van der Waals surface area (Å²) in [6.45, 7) is 6.81. The molecule has 19 heavy (non-hydrogen) atoms. The molecule has 0 spiro atoms. The van der Waals surface area contributed by atoms with Crippen LogP contribution in [0.4, 0.5) is 0 Å². The first-order valence-electron chi connectivity index (χ1n) is 6.42. The average Bonchev–Trinajstić information content (AvgIpc) is 2.87. The highest BCUT2D eigenvalue weighted by Crippen LogP contribution is 2.30. The number of ether oxygens (including phenoxy) is 1. The lowest BCUT2D eigenvalue weighted by molar-refractivity contribution is 0.478. The zero-order valence-corrected chi connectivity index (χ0v) is 12.8. The van der Waals surface area contributed by atoms with Gasteiger partial charge in [0.05, 0.1) is 16.9 Å². The minimum atomic E-state index is 0.752. The first-order chi connectivity index (χ1) is 9.22. The maximum atomic E-state index is 5.80. The molecule has 1 heterocycles.